The van der Waals surface area contributed by atoms with Crippen molar-refractivity contribution >= 4 is 5.69 Å². The van der Waals surface area contributed by atoms with Gasteiger partial charge in [0.15, 0.2) is 0 Å². The summed E-state index contributed by atoms with van der Waals surface area (Å²) in [6.07, 6.45) is 0.777. The largest absolute Gasteiger partial charge is 0.396 e. The Morgan fingerprint density at radius 3 is 2.41 bits per heavy atom. The number of aryl methyl sites for hydroxylation is 1. The zero-order chi connectivity index (χ0) is 12.8. The van der Waals surface area contributed by atoms with Crippen LogP contribution in [-0.2, 0) is 6.61 Å². The Morgan fingerprint density at radius 1 is 1.24 bits per heavy atom. The van der Waals surface area contributed by atoms with Crippen molar-refractivity contribution < 1.29 is 10.2 Å². The van der Waals surface area contributed by atoms with E-state index in [4.69, 9.17) is 10.2 Å². The molecule has 1 aromatic carbocycles. The zero-order valence-electron chi connectivity index (χ0n) is 11.0. The number of anilines is 1. The van der Waals surface area contributed by atoms with E-state index in [-0.39, 0.29) is 13.2 Å². The molecule has 0 aromatic heterocycles. The van der Waals surface area contributed by atoms with Crippen molar-refractivity contribution in [1.82, 2.24) is 0 Å². The van der Waals surface area contributed by atoms with Crippen LogP contribution in [0.5, 0.6) is 0 Å². The van der Waals surface area contributed by atoms with Crippen LogP contribution in [0.2, 0.25) is 0 Å². The highest BCUT2D eigenvalue weighted by Gasteiger charge is 2.12. The van der Waals surface area contributed by atoms with Crippen LogP contribution in [0, 0.1) is 6.92 Å². The molecule has 0 heterocycles. The number of hydrogen-bond donors (Lipinski definition) is 2. The molecule has 3 heteroatoms. The van der Waals surface area contributed by atoms with E-state index in [1.165, 1.54) is 11.3 Å². The minimum absolute atomic E-state index is 0.0828. The van der Waals surface area contributed by atoms with Crippen molar-refractivity contribution in [3.05, 3.63) is 29.3 Å². The molecule has 0 aliphatic rings. The van der Waals surface area contributed by atoms with Crippen LogP contribution in [-0.4, -0.2) is 29.4 Å². The standard InChI is InChI=1S/C14H23NO2/c1-11(2)15(7-4-8-16)14-6-5-13(10-17)9-12(14)3/h5-6,9,11,16-17H,4,7-8,10H2,1-3H3. The third-order valence-electron chi connectivity index (χ3n) is 2.93. The fourth-order valence-corrected chi connectivity index (χ4v) is 2.04. The van der Waals surface area contributed by atoms with Gasteiger partial charge in [0.05, 0.1) is 6.61 Å². The van der Waals surface area contributed by atoms with Crippen molar-refractivity contribution in [2.75, 3.05) is 18.1 Å². The van der Waals surface area contributed by atoms with Gasteiger partial charge in [0.25, 0.3) is 0 Å². The van der Waals surface area contributed by atoms with Crippen molar-refractivity contribution in [3.63, 3.8) is 0 Å². The Kier molecular flexibility index (Phi) is 5.45. The first-order valence-corrected chi connectivity index (χ1v) is 6.18. The van der Waals surface area contributed by atoms with Gasteiger partial charge in [-0.2, -0.15) is 0 Å². The lowest BCUT2D eigenvalue weighted by atomic mass is 10.1. The summed E-state index contributed by atoms with van der Waals surface area (Å²) in [5.41, 5.74) is 3.30. The Morgan fingerprint density at radius 2 is 1.94 bits per heavy atom. The predicted octanol–water partition coefficient (Wildman–Crippen LogP) is 2.08. The van der Waals surface area contributed by atoms with Gasteiger partial charge < -0.3 is 15.1 Å². The van der Waals surface area contributed by atoms with E-state index in [9.17, 15) is 0 Å². The number of aliphatic hydroxyl groups is 2. The Hall–Kier alpha value is -1.06. The van der Waals surface area contributed by atoms with E-state index < -0.39 is 0 Å². The van der Waals surface area contributed by atoms with E-state index >= 15 is 0 Å². The summed E-state index contributed by atoms with van der Waals surface area (Å²) in [6, 6.07) is 6.43. The molecule has 1 rings (SSSR count). The molecule has 0 unspecified atom stereocenters. The first-order chi connectivity index (χ1) is 8.10. The highest BCUT2D eigenvalue weighted by Crippen LogP contribution is 2.23. The van der Waals surface area contributed by atoms with Crippen LogP contribution >= 0.6 is 0 Å². The van der Waals surface area contributed by atoms with Crippen molar-refractivity contribution in [3.8, 4) is 0 Å². The molecule has 0 aliphatic carbocycles. The van der Waals surface area contributed by atoms with Crippen LogP contribution in [0.1, 0.15) is 31.4 Å². The summed E-state index contributed by atoms with van der Waals surface area (Å²) in [5.74, 6) is 0. The maximum Gasteiger partial charge on any atom is 0.0681 e. The first-order valence-electron chi connectivity index (χ1n) is 6.18. The van der Waals surface area contributed by atoms with Crippen LogP contribution < -0.4 is 4.90 Å². The number of hydrogen-bond acceptors (Lipinski definition) is 3. The van der Waals surface area contributed by atoms with E-state index in [1.807, 2.05) is 12.1 Å². The fourth-order valence-electron chi connectivity index (χ4n) is 2.04. The molecule has 0 saturated carbocycles. The van der Waals surface area contributed by atoms with Gasteiger partial charge in [-0.25, -0.2) is 0 Å². The molecular weight excluding hydrogens is 214 g/mol. The topological polar surface area (TPSA) is 43.7 Å². The normalized spacial score (nSPS) is 10.9. The maximum absolute atomic E-state index is 9.10. The average Bonchev–Trinajstić information content (AvgIpc) is 2.30. The lowest BCUT2D eigenvalue weighted by Crippen LogP contribution is -2.32. The molecule has 3 nitrogen and oxygen atoms in total. The SMILES string of the molecule is Cc1cc(CO)ccc1N(CCCO)C(C)C. The van der Waals surface area contributed by atoms with Gasteiger partial charge in [-0.15, -0.1) is 0 Å². The minimum Gasteiger partial charge on any atom is -0.396 e. The molecule has 0 fully saturated rings. The van der Waals surface area contributed by atoms with Crippen molar-refractivity contribution in [2.45, 2.75) is 39.8 Å². The summed E-state index contributed by atoms with van der Waals surface area (Å²) in [5, 5.41) is 18.0. The third kappa shape index (κ3) is 3.72. The highest BCUT2D eigenvalue weighted by molar-refractivity contribution is 5.55. The highest BCUT2D eigenvalue weighted by atomic mass is 16.3. The van der Waals surface area contributed by atoms with Gasteiger partial charge in [0.1, 0.15) is 0 Å². The van der Waals surface area contributed by atoms with Crippen molar-refractivity contribution in [1.29, 1.82) is 0 Å². The molecule has 0 radical (unpaired) electrons. The Balaban J connectivity index is 2.93. The number of benzene rings is 1. The molecule has 96 valence electrons. The van der Waals surface area contributed by atoms with E-state index in [1.54, 1.807) is 0 Å². The monoisotopic (exact) mass is 237 g/mol. The van der Waals surface area contributed by atoms with Gasteiger partial charge in [0, 0.05) is 24.9 Å². The molecular formula is C14H23NO2. The predicted molar refractivity (Wildman–Crippen MR) is 71.3 cm³/mol. The summed E-state index contributed by atoms with van der Waals surface area (Å²) in [6.45, 7) is 7.51. The molecule has 0 bridgehead atoms. The molecule has 1 aromatic rings. The fraction of sp³-hybridized carbons (Fsp3) is 0.571. The molecule has 0 aliphatic heterocycles. The number of nitrogens with zero attached hydrogens (tertiary/aromatic N) is 1. The van der Waals surface area contributed by atoms with Crippen molar-refractivity contribution in [2.24, 2.45) is 0 Å². The quantitative estimate of drug-likeness (QED) is 0.796. The van der Waals surface area contributed by atoms with Crippen LogP contribution in [0.4, 0.5) is 5.69 Å². The van der Waals surface area contributed by atoms with Crippen LogP contribution in [0.3, 0.4) is 0 Å². The lowest BCUT2D eigenvalue weighted by Gasteiger charge is -2.30. The van der Waals surface area contributed by atoms with E-state index in [0.29, 0.717) is 6.04 Å². The Labute approximate surface area is 104 Å². The molecule has 17 heavy (non-hydrogen) atoms. The number of rotatable bonds is 6. The summed E-state index contributed by atoms with van der Waals surface area (Å²) < 4.78 is 0. The van der Waals surface area contributed by atoms with Crippen LogP contribution in [0.15, 0.2) is 18.2 Å². The molecule has 0 spiro atoms. The summed E-state index contributed by atoms with van der Waals surface area (Å²) >= 11 is 0. The maximum atomic E-state index is 9.10. The van der Waals surface area contributed by atoms with Gasteiger partial charge in [-0.3, -0.25) is 0 Å². The second-order valence-electron chi connectivity index (χ2n) is 4.64. The number of aliphatic hydroxyl groups excluding tert-OH is 2. The van der Waals surface area contributed by atoms with Gasteiger partial charge >= 0.3 is 0 Å². The molecule has 0 atom stereocenters. The minimum atomic E-state index is 0.0828. The Bertz CT molecular complexity index is 350. The summed E-state index contributed by atoms with van der Waals surface area (Å²) in [4.78, 5) is 2.28. The van der Waals surface area contributed by atoms with Gasteiger partial charge in [-0.1, -0.05) is 12.1 Å². The average molecular weight is 237 g/mol. The first kappa shape index (κ1) is 14.0. The second-order valence-corrected chi connectivity index (χ2v) is 4.64. The van der Waals surface area contributed by atoms with E-state index in [2.05, 4.69) is 31.7 Å². The van der Waals surface area contributed by atoms with E-state index in [0.717, 1.165) is 18.5 Å². The second kappa shape index (κ2) is 6.62. The van der Waals surface area contributed by atoms with Gasteiger partial charge in [-0.05, 0) is 44.4 Å². The summed E-state index contributed by atoms with van der Waals surface area (Å²) in [7, 11) is 0. The smallest absolute Gasteiger partial charge is 0.0681 e. The van der Waals surface area contributed by atoms with Crippen LogP contribution in [0.25, 0.3) is 0 Å². The van der Waals surface area contributed by atoms with Gasteiger partial charge in [0.2, 0.25) is 0 Å². The molecule has 2 N–H and O–H groups in total. The molecule has 0 amide bonds. The lowest BCUT2D eigenvalue weighted by molar-refractivity contribution is 0.282. The zero-order valence-corrected chi connectivity index (χ0v) is 11.0. The third-order valence-corrected chi connectivity index (χ3v) is 2.93. The molecule has 0 saturated heterocycles.